The van der Waals surface area contributed by atoms with Crippen LogP contribution in [0.5, 0.6) is 0 Å². The summed E-state index contributed by atoms with van der Waals surface area (Å²) in [6.45, 7) is 21.9. The molecule has 0 radical (unpaired) electrons. The average molecular weight is 656 g/mol. The quantitative estimate of drug-likeness (QED) is 0.0494. The number of nitrogens with one attached hydrogen (secondary N) is 1. The van der Waals surface area contributed by atoms with Crippen molar-refractivity contribution in [1.82, 2.24) is 5.32 Å². The van der Waals surface area contributed by atoms with Gasteiger partial charge in [-0.3, -0.25) is 9.59 Å². The first-order valence-electron chi connectivity index (χ1n) is 16.2. The highest BCUT2D eigenvalue weighted by atomic mass is 32.2. The van der Waals surface area contributed by atoms with Gasteiger partial charge in [0.2, 0.25) is 5.91 Å². The lowest BCUT2D eigenvalue weighted by Crippen LogP contribution is -2.46. The molecule has 258 valence electrons. The van der Waals surface area contributed by atoms with Gasteiger partial charge in [-0.1, -0.05) is 27.7 Å². The van der Waals surface area contributed by atoms with E-state index in [1.807, 2.05) is 67.2 Å². The van der Waals surface area contributed by atoms with Gasteiger partial charge in [0.15, 0.2) is 0 Å². The molecule has 0 aliphatic rings. The van der Waals surface area contributed by atoms with E-state index < -0.39 is 14.2 Å². The maximum absolute atomic E-state index is 11.7. The van der Waals surface area contributed by atoms with Gasteiger partial charge in [-0.15, -0.1) is 0 Å². The van der Waals surface area contributed by atoms with Gasteiger partial charge in [0, 0.05) is 50.7 Å². The normalized spacial score (nSPS) is 13.2. The minimum absolute atomic E-state index is 0.0719. The van der Waals surface area contributed by atoms with Crippen LogP contribution < -0.4 is 5.32 Å². The highest BCUT2D eigenvalue weighted by Crippen LogP contribution is 2.21. The lowest BCUT2D eigenvalue weighted by atomic mass is 9.91. The Bertz CT molecular complexity index is 656. The Hall–Kier alpha value is -0.733. The smallest absolute Gasteiger partial charge is 0.463 e. The van der Waals surface area contributed by atoms with Crippen LogP contribution in [0.25, 0.3) is 0 Å². The van der Waals surface area contributed by atoms with Crippen molar-refractivity contribution < 1.29 is 42.2 Å². The van der Waals surface area contributed by atoms with E-state index >= 15 is 0 Å². The minimum atomic E-state index is -2.55. The van der Waals surface area contributed by atoms with Crippen molar-refractivity contribution in [2.75, 3.05) is 71.1 Å². The molecule has 0 aromatic rings. The van der Waals surface area contributed by atoms with Crippen molar-refractivity contribution in [2.45, 2.75) is 100 Å². The van der Waals surface area contributed by atoms with Crippen molar-refractivity contribution in [3.8, 4) is 0 Å². The van der Waals surface area contributed by atoms with Crippen molar-refractivity contribution in [3.05, 3.63) is 0 Å². The van der Waals surface area contributed by atoms with Crippen molar-refractivity contribution in [2.24, 2.45) is 17.3 Å². The third-order valence-electron chi connectivity index (χ3n) is 6.81. The number of rotatable bonds is 27. The lowest BCUT2D eigenvalue weighted by molar-refractivity contribution is -0.157. The zero-order chi connectivity index (χ0) is 33.0. The second kappa shape index (κ2) is 28.7. The fourth-order valence-corrected chi connectivity index (χ4v) is 7.10. The summed E-state index contributed by atoms with van der Waals surface area (Å²) in [5, 5.41) is 11.7. The van der Waals surface area contributed by atoms with Gasteiger partial charge in [0.25, 0.3) is 0 Å². The number of esters is 1. The monoisotopic (exact) mass is 655 g/mol. The standard InChI is InChI=1S/C17H34O5S.C14H31NO4Si/c1-5-17(3,4)16(19)22-10-9-20-14-21-11-12-23-13-15(2)7-6-8-18;1-6-13(5)14(16)15-11-10-12-20(17-7-2,18-8-3)19-9-4/h15,18H,5-14H2,1-4H3;13H,6-12H2,1-5H3,(H,15,16). The van der Waals surface area contributed by atoms with Crippen LogP contribution in [0.4, 0.5) is 0 Å². The van der Waals surface area contributed by atoms with Crippen LogP contribution in [0.1, 0.15) is 94.4 Å². The predicted octanol–water partition coefficient (Wildman–Crippen LogP) is 5.69. The number of amides is 1. The third kappa shape index (κ3) is 24.2. The summed E-state index contributed by atoms with van der Waals surface area (Å²) in [5.74, 6) is 2.66. The highest BCUT2D eigenvalue weighted by Gasteiger charge is 2.39. The number of thioether (sulfide) groups is 1. The van der Waals surface area contributed by atoms with Gasteiger partial charge >= 0.3 is 14.8 Å². The topological polar surface area (TPSA) is 122 Å². The zero-order valence-electron chi connectivity index (χ0n) is 28.8. The summed E-state index contributed by atoms with van der Waals surface area (Å²) in [6.07, 6.45) is 4.38. The molecule has 0 saturated heterocycles. The molecule has 0 aliphatic carbocycles. The Labute approximate surface area is 268 Å². The van der Waals surface area contributed by atoms with E-state index in [0.29, 0.717) is 45.5 Å². The molecule has 12 heteroatoms. The minimum Gasteiger partial charge on any atom is -0.463 e. The molecule has 0 heterocycles. The summed E-state index contributed by atoms with van der Waals surface area (Å²) in [6, 6.07) is 0.739. The van der Waals surface area contributed by atoms with Crippen LogP contribution in [0, 0.1) is 17.3 Å². The fraction of sp³-hybridized carbons (Fsp3) is 0.935. The van der Waals surface area contributed by atoms with Crippen molar-refractivity contribution in [3.63, 3.8) is 0 Å². The van der Waals surface area contributed by atoms with Crippen LogP contribution in [0.2, 0.25) is 6.04 Å². The molecule has 0 aromatic heterocycles. The van der Waals surface area contributed by atoms with Gasteiger partial charge in [-0.05, 0) is 78.4 Å². The summed E-state index contributed by atoms with van der Waals surface area (Å²) in [7, 11) is -2.55. The first-order chi connectivity index (χ1) is 20.5. The first kappa shape index (κ1) is 44.4. The number of carbonyl (C=O) groups is 2. The second-order valence-electron chi connectivity index (χ2n) is 11.0. The molecule has 0 rings (SSSR count). The van der Waals surface area contributed by atoms with E-state index in [0.717, 1.165) is 49.7 Å². The third-order valence-corrected chi connectivity index (χ3v) is 11.2. The second-order valence-corrected chi connectivity index (χ2v) is 14.9. The van der Waals surface area contributed by atoms with E-state index in [2.05, 4.69) is 12.2 Å². The number of carbonyl (C=O) groups excluding carboxylic acids is 2. The van der Waals surface area contributed by atoms with Crippen LogP contribution >= 0.6 is 11.8 Å². The number of hydrogen-bond donors (Lipinski definition) is 2. The van der Waals surface area contributed by atoms with Crippen LogP contribution in [-0.4, -0.2) is 96.9 Å². The molecule has 0 spiro atoms. The van der Waals surface area contributed by atoms with E-state index in [4.69, 9.17) is 32.6 Å². The molecule has 43 heavy (non-hydrogen) atoms. The summed E-state index contributed by atoms with van der Waals surface area (Å²) >= 11 is 1.86. The molecule has 0 aromatic carbocycles. The Morgan fingerprint density at radius 1 is 0.907 bits per heavy atom. The van der Waals surface area contributed by atoms with Gasteiger partial charge < -0.3 is 37.9 Å². The number of aliphatic hydroxyl groups is 1. The number of ether oxygens (including phenoxy) is 3. The molecule has 0 aliphatic heterocycles. The SMILES string of the molecule is CCC(C)(C)C(=O)OCCOCOCCSCC(C)CCCO.CCO[Si](CCCNC(=O)C(C)CC)(OCC)OCC. The van der Waals surface area contributed by atoms with E-state index in [9.17, 15) is 9.59 Å². The van der Waals surface area contributed by atoms with E-state index in [1.54, 1.807) is 0 Å². The zero-order valence-corrected chi connectivity index (χ0v) is 30.6. The molecule has 0 bridgehead atoms. The van der Waals surface area contributed by atoms with Gasteiger partial charge in [0.1, 0.15) is 13.4 Å². The maximum Gasteiger partial charge on any atom is 0.500 e. The van der Waals surface area contributed by atoms with Crippen molar-refractivity contribution in [1.29, 1.82) is 0 Å². The van der Waals surface area contributed by atoms with Gasteiger partial charge in [-0.25, -0.2) is 0 Å². The molecular formula is C31H65NO9SSi. The molecular weight excluding hydrogens is 590 g/mol. The molecule has 1 amide bonds. The van der Waals surface area contributed by atoms with Gasteiger partial charge in [0.05, 0.1) is 18.6 Å². The Morgan fingerprint density at radius 2 is 1.51 bits per heavy atom. The molecule has 10 nitrogen and oxygen atoms in total. The predicted molar refractivity (Wildman–Crippen MR) is 177 cm³/mol. The largest absolute Gasteiger partial charge is 0.500 e. The fourth-order valence-electron chi connectivity index (χ4n) is 3.51. The summed E-state index contributed by atoms with van der Waals surface area (Å²) < 4.78 is 33.1. The molecule has 2 unspecified atom stereocenters. The van der Waals surface area contributed by atoms with Crippen LogP contribution in [-0.2, 0) is 37.1 Å². The molecule has 0 saturated carbocycles. The Morgan fingerprint density at radius 3 is 2.05 bits per heavy atom. The van der Waals surface area contributed by atoms with E-state index in [-0.39, 0.29) is 37.8 Å². The number of hydrogen-bond acceptors (Lipinski definition) is 10. The van der Waals surface area contributed by atoms with Crippen LogP contribution in [0.15, 0.2) is 0 Å². The molecule has 2 atom stereocenters. The molecule has 0 fully saturated rings. The van der Waals surface area contributed by atoms with Crippen LogP contribution in [0.3, 0.4) is 0 Å². The average Bonchev–Trinajstić information content (AvgIpc) is 2.99. The Balaban J connectivity index is 0. The first-order valence-corrected chi connectivity index (χ1v) is 19.3. The van der Waals surface area contributed by atoms with E-state index in [1.165, 1.54) is 0 Å². The molecule has 2 N–H and O–H groups in total. The lowest BCUT2D eigenvalue weighted by Gasteiger charge is -2.28. The highest BCUT2D eigenvalue weighted by molar-refractivity contribution is 7.99. The summed E-state index contributed by atoms with van der Waals surface area (Å²) in [4.78, 5) is 23.4. The Kier molecular flexibility index (Phi) is 29.7. The van der Waals surface area contributed by atoms with Crippen molar-refractivity contribution >= 4 is 32.4 Å². The summed E-state index contributed by atoms with van der Waals surface area (Å²) in [5.41, 5.74) is -0.429. The maximum atomic E-state index is 11.7. The number of aliphatic hydroxyl groups excluding tert-OH is 1. The van der Waals surface area contributed by atoms with Gasteiger partial charge in [-0.2, -0.15) is 11.8 Å².